The summed E-state index contributed by atoms with van der Waals surface area (Å²) in [7, 11) is -2.25. The number of nitrogens with zero attached hydrogens (tertiary/aromatic N) is 1. The van der Waals surface area contributed by atoms with Crippen molar-refractivity contribution in [1.82, 2.24) is 5.32 Å². The van der Waals surface area contributed by atoms with E-state index in [0.717, 1.165) is 16.1 Å². The molecule has 0 saturated carbocycles. The number of carbonyl (C=O) groups excluding carboxylic acids is 1. The minimum Gasteiger partial charge on any atom is -0.497 e. The van der Waals surface area contributed by atoms with E-state index < -0.39 is 22.5 Å². The molecule has 170 valence electrons. The van der Waals surface area contributed by atoms with Crippen molar-refractivity contribution in [2.24, 2.45) is 5.92 Å². The number of amides is 1. The Labute approximate surface area is 198 Å². The maximum Gasteiger partial charge on any atom is 0.241 e. The molecule has 1 atom stereocenters. The van der Waals surface area contributed by atoms with Gasteiger partial charge in [0, 0.05) is 0 Å². The number of ether oxygens (including phenoxy) is 1. The summed E-state index contributed by atoms with van der Waals surface area (Å²) in [6, 6.07) is 9.74. The van der Waals surface area contributed by atoms with Crippen LogP contribution in [0.15, 0.2) is 36.4 Å². The molecular weight excluding hydrogens is 483 g/mol. The van der Waals surface area contributed by atoms with Crippen LogP contribution >= 0.6 is 34.8 Å². The molecule has 1 amide bonds. The number of nitrogens with one attached hydrogen (secondary N) is 1. The molecule has 0 aliphatic heterocycles. The van der Waals surface area contributed by atoms with Crippen molar-refractivity contribution < 1.29 is 17.9 Å². The lowest BCUT2D eigenvalue weighted by molar-refractivity contribution is -0.120. The predicted molar refractivity (Wildman–Crippen MR) is 127 cm³/mol. The van der Waals surface area contributed by atoms with Crippen LogP contribution in [0.1, 0.15) is 31.9 Å². The lowest BCUT2D eigenvalue weighted by Gasteiger charge is -2.26. The third kappa shape index (κ3) is 7.17. The van der Waals surface area contributed by atoms with E-state index in [1.165, 1.54) is 12.1 Å². The highest BCUT2D eigenvalue weighted by atomic mass is 35.5. The monoisotopic (exact) mass is 506 g/mol. The number of halogens is 3. The first-order chi connectivity index (χ1) is 14.4. The zero-order valence-corrected chi connectivity index (χ0v) is 20.7. The minimum absolute atomic E-state index is 0.0708. The van der Waals surface area contributed by atoms with Crippen LogP contribution in [-0.4, -0.2) is 34.2 Å². The normalized spacial score (nSPS) is 12.5. The van der Waals surface area contributed by atoms with Gasteiger partial charge in [0.1, 0.15) is 12.3 Å². The molecule has 2 aromatic rings. The van der Waals surface area contributed by atoms with E-state index in [1.54, 1.807) is 7.11 Å². The Morgan fingerprint density at radius 1 is 1.06 bits per heavy atom. The maximum absolute atomic E-state index is 12.9. The van der Waals surface area contributed by atoms with Crippen LogP contribution in [0.5, 0.6) is 5.75 Å². The first kappa shape index (κ1) is 25.6. The predicted octanol–water partition coefficient (Wildman–Crippen LogP) is 5.33. The Morgan fingerprint density at radius 3 is 2.16 bits per heavy atom. The number of rotatable bonds is 9. The smallest absolute Gasteiger partial charge is 0.241 e. The summed E-state index contributed by atoms with van der Waals surface area (Å²) in [6.07, 6.45) is 1.67. The minimum atomic E-state index is -3.83. The van der Waals surface area contributed by atoms with Gasteiger partial charge in [0.2, 0.25) is 15.9 Å². The van der Waals surface area contributed by atoms with Crippen molar-refractivity contribution in [1.29, 1.82) is 0 Å². The van der Waals surface area contributed by atoms with Crippen molar-refractivity contribution in [3.05, 3.63) is 57.0 Å². The van der Waals surface area contributed by atoms with Crippen molar-refractivity contribution in [3.63, 3.8) is 0 Å². The fourth-order valence-electron chi connectivity index (χ4n) is 3.04. The average Bonchev–Trinajstić information content (AvgIpc) is 2.67. The zero-order valence-electron chi connectivity index (χ0n) is 17.7. The fourth-order valence-corrected chi connectivity index (χ4v) is 4.59. The molecule has 1 N–H and O–H groups in total. The Balaban J connectivity index is 2.30. The topological polar surface area (TPSA) is 75.7 Å². The third-order valence-corrected chi connectivity index (χ3v) is 6.66. The molecular formula is C21H25Cl3N2O4S. The summed E-state index contributed by atoms with van der Waals surface area (Å²) < 4.78 is 30.9. The van der Waals surface area contributed by atoms with Gasteiger partial charge in [-0.25, -0.2) is 8.42 Å². The van der Waals surface area contributed by atoms with Crippen molar-refractivity contribution in [2.75, 3.05) is 24.2 Å². The van der Waals surface area contributed by atoms with Crippen molar-refractivity contribution >= 4 is 56.4 Å². The first-order valence-corrected chi connectivity index (χ1v) is 12.5. The Kier molecular flexibility index (Phi) is 8.89. The molecule has 0 unspecified atom stereocenters. The number of hydrogen-bond donors (Lipinski definition) is 1. The molecule has 2 rings (SSSR count). The number of carbonyl (C=O) groups is 1. The maximum atomic E-state index is 12.9. The average molecular weight is 508 g/mol. The van der Waals surface area contributed by atoms with Gasteiger partial charge in [-0.05, 0) is 42.2 Å². The van der Waals surface area contributed by atoms with Gasteiger partial charge in [0.15, 0.2) is 0 Å². The van der Waals surface area contributed by atoms with Gasteiger partial charge < -0.3 is 10.1 Å². The summed E-state index contributed by atoms with van der Waals surface area (Å²) in [5, 5.41) is 3.32. The molecule has 31 heavy (non-hydrogen) atoms. The summed E-state index contributed by atoms with van der Waals surface area (Å²) in [5.41, 5.74) is 0.972. The van der Waals surface area contributed by atoms with E-state index in [1.807, 2.05) is 38.1 Å². The quantitative estimate of drug-likeness (QED) is 0.466. The fraction of sp³-hybridized carbons (Fsp3) is 0.381. The van der Waals surface area contributed by atoms with Gasteiger partial charge >= 0.3 is 0 Å². The van der Waals surface area contributed by atoms with Gasteiger partial charge in [-0.15, -0.1) is 0 Å². The molecule has 0 aromatic heterocycles. The van der Waals surface area contributed by atoms with Crippen LogP contribution < -0.4 is 14.4 Å². The Bertz CT molecular complexity index is 1030. The molecule has 0 bridgehead atoms. The third-order valence-electron chi connectivity index (χ3n) is 4.51. The zero-order chi connectivity index (χ0) is 23.3. The van der Waals surface area contributed by atoms with E-state index in [-0.39, 0.29) is 26.8 Å². The van der Waals surface area contributed by atoms with Gasteiger partial charge in [-0.3, -0.25) is 9.10 Å². The van der Waals surface area contributed by atoms with Crippen LogP contribution in [0.4, 0.5) is 5.69 Å². The molecule has 0 radical (unpaired) electrons. The molecule has 10 heteroatoms. The van der Waals surface area contributed by atoms with E-state index in [4.69, 9.17) is 39.5 Å². The molecule has 2 aromatic carbocycles. The summed E-state index contributed by atoms with van der Waals surface area (Å²) in [5.74, 6) is 0.521. The second kappa shape index (κ2) is 10.8. The van der Waals surface area contributed by atoms with Crippen LogP contribution in [-0.2, 0) is 14.8 Å². The van der Waals surface area contributed by atoms with Gasteiger partial charge in [-0.2, -0.15) is 0 Å². The van der Waals surface area contributed by atoms with Crippen LogP contribution in [0.25, 0.3) is 0 Å². The Morgan fingerprint density at radius 2 is 1.65 bits per heavy atom. The molecule has 0 aliphatic carbocycles. The second-order valence-corrected chi connectivity index (χ2v) is 10.6. The van der Waals surface area contributed by atoms with Crippen LogP contribution in [0, 0.1) is 5.92 Å². The number of anilines is 1. The second-order valence-electron chi connectivity index (χ2n) is 7.51. The van der Waals surface area contributed by atoms with Crippen LogP contribution in [0.3, 0.4) is 0 Å². The molecule has 0 fully saturated rings. The van der Waals surface area contributed by atoms with E-state index >= 15 is 0 Å². The number of methoxy groups -OCH3 is 1. The van der Waals surface area contributed by atoms with Gasteiger partial charge in [0.05, 0.1) is 40.2 Å². The van der Waals surface area contributed by atoms with E-state index in [2.05, 4.69) is 5.32 Å². The molecule has 0 spiro atoms. The van der Waals surface area contributed by atoms with E-state index in [9.17, 15) is 13.2 Å². The van der Waals surface area contributed by atoms with Gasteiger partial charge in [-0.1, -0.05) is 60.8 Å². The highest BCUT2D eigenvalue weighted by molar-refractivity contribution is 7.92. The Hall–Kier alpha value is -1.67. The summed E-state index contributed by atoms with van der Waals surface area (Å²) in [6.45, 7) is 3.63. The van der Waals surface area contributed by atoms with Crippen molar-refractivity contribution in [3.8, 4) is 5.75 Å². The van der Waals surface area contributed by atoms with E-state index in [0.29, 0.717) is 18.1 Å². The lowest BCUT2D eigenvalue weighted by atomic mass is 9.97. The molecule has 0 saturated heterocycles. The largest absolute Gasteiger partial charge is 0.497 e. The molecule has 0 aliphatic rings. The number of sulfonamides is 1. The van der Waals surface area contributed by atoms with Crippen LogP contribution in [0.2, 0.25) is 15.1 Å². The molecule has 0 heterocycles. The molecule has 6 nitrogen and oxygen atoms in total. The summed E-state index contributed by atoms with van der Waals surface area (Å²) in [4.78, 5) is 12.9. The van der Waals surface area contributed by atoms with Crippen molar-refractivity contribution in [2.45, 2.75) is 26.3 Å². The van der Waals surface area contributed by atoms with Gasteiger partial charge in [0.25, 0.3) is 0 Å². The lowest BCUT2D eigenvalue weighted by Crippen LogP contribution is -2.42. The highest BCUT2D eigenvalue weighted by Crippen LogP contribution is 2.35. The highest BCUT2D eigenvalue weighted by Gasteiger charge is 2.26. The number of hydrogen-bond acceptors (Lipinski definition) is 4. The first-order valence-electron chi connectivity index (χ1n) is 9.48. The number of benzene rings is 2. The summed E-state index contributed by atoms with van der Waals surface area (Å²) >= 11 is 18.2. The standard InChI is InChI=1S/C21H25Cl3N2O4S/c1-13(2)9-19(14-5-7-15(30-3)8-6-14)25-21(27)12-26(31(4,28)29)20-11-17(23)16(22)10-18(20)24/h5-8,10-11,13,19H,9,12H2,1-4H3,(H,25,27)/t19-/m0/s1. The SMILES string of the molecule is COc1ccc([C@H](CC(C)C)NC(=O)CN(c2cc(Cl)c(Cl)cc2Cl)S(C)(=O)=O)cc1.